The van der Waals surface area contributed by atoms with Crippen molar-refractivity contribution in [3.05, 3.63) is 46.6 Å². The molecule has 1 aromatic heterocycles. The van der Waals surface area contributed by atoms with Gasteiger partial charge in [0.15, 0.2) is 0 Å². The van der Waals surface area contributed by atoms with Gasteiger partial charge in [-0.2, -0.15) is 0 Å². The molecule has 0 bridgehead atoms. The van der Waals surface area contributed by atoms with E-state index >= 15 is 0 Å². The molecule has 0 radical (unpaired) electrons. The third-order valence-corrected chi connectivity index (χ3v) is 11.0. The van der Waals surface area contributed by atoms with Gasteiger partial charge in [0.05, 0.1) is 0 Å². The van der Waals surface area contributed by atoms with E-state index in [9.17, 15) is 24.0 Å². The summed E-state index contributed by atoms with van der Waals surface area (Å²) in [6.45, 7) is 15.9. The molecule has 1 aliphatic heterocycles. The predicted octanol–water partition coefficient (Wildman–Crippen LogP) is -0.391. The van der Waals surface area contributed by atoms with Crippen LogP contribution in [0.3, 0.4) is 0 Å². The topological polar surface area (TPSA) is 145 Å². The van der Waals surface area contributed by atoms with Crippen molar-refractivity contribution >= 4 is 49.0 Å². The van der Waals surface area contributed by atoms with Crippen molar-refractivity contribution in [1.29, 1.82) is 0 Å². The molecule has 12 nitrogen and oxygen atoms in total. The number of likely N-dealkylation sites (N-methyl/N-ethyl adjacent to an activating group) is 2. The number of aryl methyl sites for hydroxylation is 1. The summed E-state index contributed by atoms with van der Waals surface area (Å²) in [4.78, 5) is 65.0. The Bertz CT molecular complexity index is 1490. The third-order valence-electron chi connectivity index (χ3n) is 8.54. The molecule has 0 aliphatic carbocycles. The molecule has 0 aromatic carbocycles. The quantitative estimate of drug-likeness (QED) is 0.106. The molecule has 1 aliphatic rings. The summed E-state index contributed by atoms with van der Waals surface area (Å²) in [5, 5.41) is 14.0. The van der Waals surface area contributed by atoms with E-state index in [0.29, 0.717) is 13.1 Å². The maximum absolute atomic E-state index is 13.9. The van der Waals surface area contributed by atoms with Crippen molar-refractivity contribution < 1.29 is 24.0 Å². The van der Waals surface area contributed by atoms with Crippen molar-refractivity contribution in [2.45, 2.75) is 51.4 Å². The van der Waals surface area contributed by atoms with E-state index in [1.54, 1.807) is 6.08 Å². The van der Waals surface area contributed by atoms with Crippen molar-refractivity contribution in [2.24, 2.45) is 7.05 Å². The average Bonchev–Trinajstić information content (AvgIpc) is 3.33. The van der Waals surface area contributed by atoms with Gasteiger partial charge in [0.1, 0.15) is 0 Å². The van der Waals surface area contributed by atoms with Crippen molar-refractivity contribution in [1.82, 2.24) is 35.6 Å². The van der Waals surface area contributed by atoms with Crippen molar-refractivity contribution in [3.63, 3.8) is 0 Å². The molecule has 4 N–H and O–H groups in total. The summed E-state index contributed by atoms with van der Waals surface area (Å²) in [6.07, 6.45) is 12.4. The molecule has 2 heterocycles. The minimum absolute atomic E-state index is 0.0448. The SMILES string of the molecule is C/C=c1/c(C(C)(C)C(NC)C(=O)NC(CN(C)C/C=C/C(=O)NCC(=O)NCCN2C(=O)C=CCC2=O)[PH](C)(C)C)cn(C)/c1=C/C. The van der Waals surface area contributed by atoms with Gasteiger partial charge in [-0.1, -0.05) is 6.08 Å². The minimum atomic E-state index is -1.86. The van der Waals surface area contributed by atoms with Crippen LogP contribution < -0.4 is 31.8 Å². The van der Waals surface area contributed by atoms with E-state index in [1.807, 2.05) is 35.0 Å². The Labute approximate surface area is 280 Å². The van der Waals surface area contributed by atoms with E-state index in [2.05, 4.69) is 82.9 Å². The van der Waals surface area contributed by atoms with E-state index in [-0.39, 0.29) is 43.7 Å². The van der Waals surface area contributed by atoms with Crippen LogP contribution in [0.5, 0.6) is 0 Å². The van der Waals surface area contributed by atoms with Crippen molar-refractivity contribution in [3.8, 4) is 0 Å². The molecule has 0 saturated heterocycles. The number of carbonyl (C=O) groups is 5. The number of rotatable bonds is 16. The molecule has 2 unspecified atom stereocenters. The third kappa shape index (κ3) is 11.0. The van der Waals surface area contributed by atoms with Crippen LogP contribution in [0.1, 0.15) is 39.7 Å². The second kappa shape index (κ2) is 17.5. The Morgan fingerprint density at radius 2 is 1.79 bits per heavy atom. The molecule has 1 aromatic rings. The average molecular weight is 674 g/mol. The molecular weight excluding hydrogens is 617 g/mol. The second-order valence-electron chi connectivity index (χ2n) is 13.6. The zero-order valence-corrected chi connectivity index (χ0v) is 30.8. The van der Waals surface area contributed by atoms with Crippen LogP contribution in [0.2, 0.25) is 0 Å². The number of amides is 5. The summed E-state index contributed by atoms with van der Waals surface area (Å²) in [5.74, 6) is -1.64. The summed E-state index contributed by atoms with van der Waals surface area (Å²) in [7, 11) is 3.93. The first-order valence-electron chi connectivity index (χ1n) is 16.1. The monoisotopic (exact) mass is 673 g/mol. The van der Waals surface area contributed by atoms with E-state index in [4.69, 9.17) is 0 Å². The first kappa shape index (κ1) is 39.6. The summed E-state index contributed by atoms with van der Waals surface area (Å²) in [6, 6.07) is -0.467. The van der Waals surface area contributed by atoms with Gasteiger partial charge in [0.2, 0.25) is 5.91 Å². The number of hydrogen-bond acceptors (Lipinski definition) is 7. The van der Waals surface area contributed by atoms with Gasteiger partial charge in [-0.25, -0.2) is 0 Å². The van der Waals surface area contributed by atoms with Crippen LogP contribution in [-0.4, -0.2) is 123 Å². The predicted molar refractivity (Wildman–Crippen MR) is 192 cm³/mol. The molecule has 13 heteroatoms. The molecule has 0 saturated carbocycles. The second-order valence-corrected chi connectivity index (χ2v) is 19.0. The summed E-state index contributed by atoms with van der Waals surface area (Å²) >= 11 is 0. The fraction of sp³-hybridized carbons (Fsp3) is 0.559. The molecule has 262 valence electrons. The maximum atomic E-state index is 13.9. The van der Waals surface area contributed by atoms with Gasteiger partial charge in [0.25, 0.3) is 5.91 Å². The molecule has 0 fully saturated rings. The molecule has 0 spiro atoms. The molecule has 2 atom stereocenters. The van der Waals surface area contributed by atoms with Crippen LogP contribution >= 0.6 is 7.26 Å². The van der Waals surface area contributed by atoms with E-state index < -0.39 is 36.4 Å². The zero-order chi connectivity index (χ0) is 35.5. The first-order chi connectivity index (χ1) is 22.0. The number of nitrogens with zero attached hydrogens (tertiary/aromatic N) is 3. The van der Waals surface area contributed by atoms with Gasteiger partial charge in [-0.3, -0.25) is 14.5 Å². The van der Waals surface area contributed by atoms with Gasteiger partial charge in [0, 0.05) is 19.0 Å². The van der Waals surface area contributed by atoms with Crippen LogP contribution in [0.25, 0.3) is 12.2 Å². The standard InChI is InChI=1S/C34H56N7O5P/c1-11-24-25(22-40(7)26(24)12-2)34(3,4)32(35-5)33(46)38-29(47(8,9)10)23-39(6)19-14-15-27(42)37-21-28(43)36-18-20-41-30(44)16-13-17-31(41)45/h11-16,22,29,32,35,47H,17-21,23H2,1-10H3,(H,36,43)(H,37,42)(H,38,46)/b15-14+,24-11-,26-12+. The fourth-order valence-corrected chi connectivity index (χ4v) is 7.18. The van der Waals surface area contributed by atoms with E-state index in [1.165, 1.54) is 18.2 Å². The zero-order valence-electron chi connectivity index (χ0n) is 29.8. The van der Waals surface area contributed by atoms with Crippen LogP contribution in [0.4, 0.5) is 0 Å². The fourth-order valence-electron chi connectivity index (χ4n) is 5.74. The Morgan fingerprint density at radius 1 is 1.11 bits per heavy atom. The number of imide groups is 1. The molecular formula is C34H56N7O5P. The first-order valence-corrected chi connectivity index (χ1v) is 19.7. The van der Waals surface area contributed by atoms with Gasteiger partial charge < -0.3 is 0 Å². The number of hydrogen-bond donors (Lipinski definition) is 4. The van der Waals surface area contributed by atoms with Gasteiger partial charge in [-0.05, 0) is 0 Å². The normalized spacial score (nSPS) is 16.6. The molecule has 5 amide bonds. The van der Waals surface area contributed by atoms with E-state index in [0.717, 1.165) is 21.0 Å². The number of aromatic nitrogens is 1. The van der Waals surface area contributed by atoms with Crippen LogP contribution in [-0.2, 0) is 36.4 Å². The Morgan fingerprint density at radius 3 is 2.36 bits per heavy atom. The van der Waals surface area contributed by atoms with Crippen LogP contribution in [0, 0.1) is 0 Å². The number of carbonyl (C=O) groups excluding carboxylic acids is 5. The molecule has 2 rings (SSSR count). The van der Waals surface area contributed by atoms with Crippen LogP contribution in [0.15, 0.2) is 30.5 Å². The summed E-state index contributed by atoms with van der Waals surface area (Å²) < 4.78 is 2.10. The summed E-state index contributed by atoms with van der Waals surface area (Å²) in [5.41, 5.74) is 0.613. The number of nitrogens with one attached hydrogen (secondary N) is 4. The molecule has 47 heavy (non-hydrogen) atoms. The Balaban J connectivity index is 1.93. The van der Waals surface area contributed by atoms with Gasteiger partial charge in [-0.15, -0.1) is 0 Å². The Hall–Kier alpha value is -3.60. The van der Waals surface area contributed by atoms with Crippen molar-refractivity contribution in [2.75, 3.05) is 66.8 Å². The Kier molecular flexibility index (Phi) is 14.8. The van der Waals surface area contributed by atoms with Gasteiger partial charge >= 0.3 is 229 Å².